The van der Waals surface area contributed by atoms with Gasteiger partial charge in [0.15, 0.2) is 0 Å². The van der Waals surface area contributed by atoms with Gasteiger partial charge in [0.25, 0.3) is 0 Å². The first-order valence-corrected chi connectivity index (χ1v) is 8.48. The molecule has 0 bridgehead atoms. The van der Waals surface area contributed by atoms with Gasteiger partial charge >= 0.3 is 0 Å². The van der Waals surface area contributed by atoms with Crippen LogP contribution in [0.5, 0.6) is 5.75 Å². The van der Waals surface area contributed by atoms with Gasteiger partial charge in [0.05, 0.1) is 7.11 Å². The van der Waals surface area contributed by atoms with Gasteiger partial charge in [-0.25, -0.2) is 0 Å². The van der Waals surface area contributed by atoms with Crippen LogP contribution in [0, 0.1) is 5.92 Å². The summed E-state index contributed by atoms with van der Waals surface area (Å²) in [5, 5.41) is 0. The highest BCUT2D eigenvalue weighted by atomic mass is 16.5. The van der Waals surface area contributed by atoms with E-state index in [9.17, 15) is 4.79 Å². The van der Waals surface area contributed by atoms with Crippen molar-refractivity contribution in [2.75, 3.05) is 7.11 Å². The zero-order valence-electron chi connectivity index (χ0n) is 13.9. The van der Waals surface area contributed by atoms with E-state index in [1.165, 1.54) is 23.1 Å². The van der Waals surface area contributed by atoms with Crippen LogP contribution >= 0.6 is 0 Å². The molecule has 0 heterocycles. The summed E-state index contributed by atoms with van der Waals surface area (Å²) in [6.45, 7) is 2.18. The number of benzene rings is 2. The lowest BCUT2D eigenvalue weighted by molar-refractivity contribution is -0.123. The van der Waals surface area contributed by atoms with Crippen molar-refractivity contribution in [3.05, 3.63) is 54.1 Å². The Balaban J connectivity index is 1.75. The van der Waals surface area contributed by atoms with Crippen molar-refractivity contribution in [2.24, 2.45) is 5.92 Å². The van der Waals surface area contributed by atoms with Gasteiger partial charge < -0.3 is 4.74 Å². The maximum atomic E-state index is 12.4. The van der Waals surface area contributed by atoms with Crippen LogP contribution in [0.3, 0.4) is 0 Å². The van der Waals surface area contributed by atoms with Gasteiger partial charge in [-0.2, -0.15) is 0 Å². The zero-order valence-corrected chi connectivity index (χ0v) is 13.9. The van der Waals surface area contributed by atoms with E-state index in [0.717, 1.165) is 25.0 Å². The van der Waals surface area contributed by atoms with Crippen LogP contribution in [0.25, 0.3) is 11.1 Å². The number of ether oxygens (including phenoxy) is 1. The second-order valence-corrected chi connectivity index (χ2v) is 6.43. The third kappa shape index (κ3) is 3.47. The average Bonchev–Trinajstić information content (AvgIpc) is 2.62. The minimum absolute atomic E-state index is 0.0997. The fraction of sp³-hybridized carbons (Fsp3) is 0.381. The Kier molecular flexibility index (Phi) is 4.80. The third-order valence-electron chi connectivity index (χ3n) is 5.06. The molecule has 1 saturated carbocycles. The number of carbonyl (C=O) groups is 1. The molecular weight excluding hydrogens is 284 g/mol. The van der Waals surface area contributed by atoms with E-state index in [1.54, 1.807) is 7.11 Å². The molecule has 0 aliphatic heterocycles. The first kappa shape index (κ1) is 15.8. The SMILES string of the molecule is CC[C@H]1CC[C@H](c2ccc(-c3ccc(OC)cc3)cc2)C(=O)C1. The molecule has 3 rings (SSSR count). The van der Waals surface area contributed by atoms with E-state index < -0.39 is 0 Å². The van der Waals surface area contributed by atoms with Gasteiger partial charge in [-0.1, -0.05) is 49.7 Å². The summed E-state index contributed by atoms with van der Waals surface area (Å²) >= 11 is 0. The van der Waals surface area contributed by atoms with Crippen molar-refractivity contribution in [2.45, 2.75) is 38.5 Å². The van der Waals surface area contributed by atoms with Gasteiger partial charge in [0.2, 0.25) is 0 Å². The Bertz CT molecular complexity index is 655. The van der Waals surface area contributed by atoms with Gasteiger partial charge in [-0.3, -0.25) is 4.79 Å². The number of hydrogen-bond acceptors (Lipinski definition) is 2. The first-order valence-electron chi connectivity index (χ1n) is 8.48. The minimum atomic E-state index is 0.0997. The number of rotatable bonds is 4. The molecule has 2 heteroatoms. The summed E-state index contributed by atoms with van der Waals surface area (Å²) in [4.78, 5) is 12.4. The van der Waals surface area contributed by atoms with E-state index in [2.05, 4.69) is 43.3 Å². The molecule has 1 aliphatic carbocycles. The Hall–Kier alpha value is -2.09. The Morgan fingerprint density at radius 2 is 1.57 bits per heavy atom. The Labute approximate surface area is 138 Å². The molecule has 0 radical (unpaired) electrons. The smallest absolute Gasteiger partial charge is 0.140 e. The topological polar surface area (TPSA) is 26.3 Å². The fourth-order valence-electron chi connectivity index (χ4n) is 3.48. The molecule has 2 aromatic rings. The van der Waals surface area contributed by atoms with Crippen LogP contribution in [0.2, 0.25) is 0 Å². The first-order chi connectivity index (χ1) is 11.2. The molecular formula is C21H24O2. The summed E-state index contributed by atoms with van der Waals surface area (Å²) in [5.41, 5.74) is 3.51. The molecule has 120 valence electrons. The number of Topliss-reactive ketones (excluding diaryl/α,β-unsaturated/α-hetero) is 1. The van der Waals surface area contributed by atoms with Crippen LogP contribution in [0.4, 0.5) is 0 Å². The second-order valence-electron chi connectivity index (χ2n) is 6.43. The summed E-state index contributed by atoms with van der Waals surface area (Å²) in [6.07, 6.45) is 4.04. The normalized spacial score (nSPS) is 21.2. The lowest BCUT2D eigenvalue weighted by Crippen LogP contribution is -2.23. The second kappa shape index (κ2) is 6.99. The van der Waals surface area contributed by atoms with Crippen molar-refractivity contribution in [3.63, 3.8) is 0 Å². The largest absolute Gasteiger partial charge is 0.497 e. The summed E-state index contributed by atoms with van der Waals surface area (Å²) < 4.78 is 5.20. The van der Waals surface area contributed by atoms with Gasteiger partial charge in [-0.15, -0.1) is 0 Å². The van der Waals surface area contributed by atoms with Crippen LogP contribution in [-0.4, -0.2) is 12.9 Å². The molecule has 0 unspecified atom stereocenters. The van der Waals surface area contributed by atoms with E-state index in [4.69, 9.17) is 4.74 Å². The quantitative estimate of drug-likeness (QED) is 0.773. The number of methoxy groups -OCH3 is 1. The zero-order chi connectivity index (χ0) is 16.2. The molecule has 0 aromatic heterocycles. The van der Waals surface area contributed by atoms with E-state index in [1.807, 2.05) is 12.1 Å². The maximum absolute atomic E-state index is 12.4. The van der Waals surface area contributed by atoms with Gasteiger partial charge in [0, 0.05) is 12.3 Å². The minimum Gasteiger partial charge on any atom is -0.497 e. The van der Waals surface area contributed by atoms with Crippen molar-refractivity contribution >= 4 is 5.78 Å². The highest BCUT2D eigenvalue weighted by Crippen LogP contribution is 2.35. The Morgan fingerprint density at radius 3 is 2.09 bits per heavy atom. The predicted octanol–water partition coefficient (Wildman–Crippen LogP) is 5.23. The molecule has 0 N–H and O–H groups in total. The molecule has 1 aliphatic rings. The van der Waals surface area contributed by atoms with E-state index in [-0.39, 0.29) is 5.92 Å². The van der Waals surface area contributed by atoms with Crippen molar-refractivity contribution in [1.82, 2.24) is 0 Å². The number of ketones is 1. The maximum Gasteiger partial charge on any atom is 0.140 e. The van der Waals surface area contributed by atoms with Crippen LogP contribution in [-0.2, 0) is 4.79 Å². The van der Waals surface area contributed by atoms with E-state index >= 15 is 0 Å². The van der Waals surface area contributed by atoms with Crippen LogP contribution in [0.15, 0.2) is 48.5 Å². The number of hydrogen-bond donors (Lipinski definition) is 0. The standard InChI is InChI=1S/C21H24O2/c1-3-15-4-13-20(21(22)14-15)18-7-5-16(6-8-18)17-9-11-19(23-2)12-10-17/h5-12,15,20H,3-4,13-14H2,1-2H3/t15-,20+/m0/s1. The molecule has 23 heavy (non-hydrogen) atoms. The highest BCUT2D eigenvalue weighted by molar-refractivity contribution is 5.86. The monoisotopic (exact) mass is 308 g/mol. The lowest BCUT2D eigenvalue weighted by Gasteiger charge is -2.27. The summed E-state index contributed by atoms with van der Waals surface area (Å²) in [5.74, 6) is 1.98. The highest BCUT2D eigenvalue weighted by Gasteiger charge is 2.28. The number of carbonyl (C=O) groups excluding carboxylic acids is 1. The van der Waals surface area contributed by atoms with Crippen molar-refractivity contribution in [3.8, 4) is 16.9 Å². The van der Waals surface area contributed by atoms with Gasteiger partial charge in [0.1, 0.15) is 11.5 Å². The average molecular weight is 308 g/mol. The van der Waals surface area contributed by atoms with Crippen LogP contribution < -0.4 is 4.74 Å². The van der Waals surface area contributed by atoms with Gasteiger partial charge in [-0.05, 0) is 47.6 Å². The van der Waals surface area contributed by atoms with E-state index in [0.29, 0.717) is 11.7 Å². The molecule has 0 saturated heterocycles. The molecule has 2 nitrogen and oxygen atoms in total. The lowest BCUT2D eigenvalue weighted by atomic mass is 9.77. The Morgan fingerprint density at radius 1 is 0.957 bits per heavy atom. The summed E-state index contributed by atoms with van der Waals surface area (Å²) in [6, 6.07) is 16.5. The molecule has 1 fully saturated rings. The molecule has 0 amide bonds. The third-order valence-corrected chi connectivity index (χ3v) is 5.06. The fourth-order valence-corrected chi connectivity index (χ4v) is 3.48. The van der Waals surface area contributed by atoms with Crippen molar-refractivity contribution < 1.29 is 9.53 Å². The van der Waals surface area contributed by atoms with Crippen molar-refractivity contribution in [1.29, 1.82) is 0 Å². The molecule has 0 spiro atoms. The van der Waals surface area contributed by atoms with Crippen LogP contribution in [0.1, 0.15) is 44.1 Å². The predicted molar refractivity (Wildman–Crippen MR) is 93.8 cm³/mol. The summed E-state index contributed by atoms with van der Waals surface area (Å²) in [7, 11) is 1.67. The molecule has 2 aromatic carbocycles. The molecule has 2 atom stereocenters.